The molecular formula is C23H31N3O5. The molecule has 1 aliphatic carbocycles. The highest BCUT2D eigenvalue weighted by Crippen LogP contribution is 2.36. The molecule has 0 heterocycles. The molecule has 1 saturated carbocycles. The molecule has 0 radical (unpaired) electrons. The molecular weight excluding hydrogens is 398 g/mol. The summed E-state index contributed by atoms with van der Waals surface area (Å²) in [5.41, 5.74) is 6.25. The smallest absolute Gasteiger partial charge is 0.328 e. The number of anilines is 1. The molecule has 0 aromatic heterocycles. The van der Waals surface area contributed by atoms with Gasteiger partial charge >= 0.3 is 5.97 Å². The number of allylic oxidation sites excluding steroid dienone is 2. The van der Waals surface area contributed by atoms with Crippen molar-refractivity contribution >= 4 is 29.3 Å². The lowest BCUT2D eigenvalue weighted by molar-refractivity contribution is -0.146. The van der Waals surface area contributed by atoms with Gasteiger partial charge in [-0.05, 0) is 70.1 Å². The zero-order valence-corrected chi connectivity index (χ0v) is 18.2. The summed E-state index contributed by atoms with van der Waals surface area (Å²) >= 11 is 0. The van der Waals surface area contributed by atoms with Crippen LogP contribution >= 0.6 is 0 Å². The van der Waals surface area contributed by atoms with E-state index in [1.807, 2.05) is 12.1 Å². The first kappa shape index (κ1) is 24.1. The quantitative estimate of drug-likeness (QED) is 0.370. The van der Waals surface area contributed by atoms with E-state index in [1.54, 1.807) is 19.1 Å². The first-order chi connectivity index (χ1) is 14.5. The maximum absolute atomic E-state index is 12.4. The Morgan fingerprint density at radius 1 is 1.10 bits per heavy atom. The van der Waals surface area contributed by atoms with Crippen molar-refractivity contribution in [3.05, 3.63) is 41.6 Å². The molecule has 1 aromatic rings. The van der Waals surface area contributed by atoms with Crippen LogP contribution in [0.5, 0.6) is 0 Å². The maximum Gasteiger partial charge on any atom is 0.328 e. The first-order valence-electron chi connectivity index (χ1n) is 10.4. The molecule has 0 aliphatic heterocycles. The molecule has 8 nitrogen and oxygen atoms in total. The number of amides is 2. The molecule has 5 N–H and O–H groups in total. The van der Waals surface area contributed by atoms with Crippen LogP contribution in [0, 0.1) is 5.92 Å². The van der Waals surface area contributed by atoms with E-state index in [4.69, 9.17) is 10.8 Å². The van der Waals surface area contributed by atoms with Gasteiger partial charge in [0.25, 0.3) is 0 Å². The molecule has 0 unspecified atom stereocenters. The second-order valence-electron chi connectivity index (χ2n) is 8.67. The Morgan fingerprint density at radius 3 is 2.19 bits per heavy atom. The van der Waals surface area contributed by atoms with Crippen LogP contribution < -0.4 is 16.4 Å². The van der Waals surface area contributed by atoms with Crippen LogP contribution in [-0.4, -0.2) is 34.2 Å². The van der Waals surface area contributed by atoms with E-state index < -0.39 is 17.4 Å². The molecule has 2 amide bonds. The normalized spacial score (nSPS) is 19.4. The van der Waals surface area contributed by atoms with Gasteiger partial charge in [-0.15, -0.1) is 0 Å². The summed E-state index contributed by atoms with van der Waals surface area (Å²) in [6.07, 6.45) is 4.03. The highest BCUT2D eigenvalue weighted by Gasteiger charge is 2.33. The molecule has 1 fully saturated rings. The van der Waals surface area contributed by atoms with Gasteiger partial charge in [-0.25, -0.2) is 4.79 Å². The van der Waals surface area contributed by atoms with E-state index in [1.165, 1.54) is 19.9 Å². The number of nitrogens with two attached hydrogens (primary N) is 1. The average Bonchev–Trinajstić information content (AvgIpc) is 2.67. The van der Waals surface area contributed by atoms with Crippen molar-refractivity contribution in [2.45, 2.75) is 64.3 Å². The number of benzene rings is 1. The Labute approximate surface area is 182 Å². The molecule has 0 atom stereocenters. The van der Waals surface area contributed by atoms with Crippen LogP contribution in [0.1, 0.15) is 64.4 Å². The fraction of sp³-hybridized carbons (Fsp3) is 0.478. The minimum Gasteiger partial charge on any atom is -0.480 e. The molecule has 31 heavy (non-hydrogen) atoms. The number of rotatable bonds is 8. The largest absolute Gasteiger partial charge is 0.480 e. The van der Waals surface area contributed by atoms with E-state index in [9.17, 15) is 19.2 Å². The van der Waals surface area contributed by atoms with E-state index >= 15 is 0 Å². The summed E-state index contributed by atoms with van der Waals surface area (Å²) in [5.74, 6) is -1.89. The molecule has 2 rings (SSSR count). The number of hydrogen-bond donors (Lipinski definition) is 4. The molecule has 1 aromatic carbocycles. The molecule has 1 aliphatic rings. The monoisotopic (exact) mass is 429 g/mol. The number of ketones is 1. The Balaban J connectivity index is 1.86. The molecule has 168 valence electrons. The molecule has 0 bridgehead atoms. The van der Waals surface area contributed by atoms with Crippen LogP contribution in [0.4, 0.5) is 5.69 Å². The zero-order chi connectivity index (χ0) is 23.2. The Bertz CT molecular complexity index is 862. The number of carbonyl (C=O) groups is 4. The minimum atomic E-state index is -1.28. The summed E-state index contributed by atoms with van der Waals surface area (Å²) in [6, 6.07) is 7.49. The summed E-state index contributed by atoms with van der Waals surface area (Å²) in [5, 5.41) is 14.5. The second kappa shape index (κ2) is 10.2. The Hall–Kier alpha value is -3.16. The number of carbonyl (C=O) groups excluding carboxylic acids is 3. The van der Waals surface area contributed by atoms with Gasteiger partial charge in [0.05, 0.1) is 6.42 Å². The Kier molecular flexibility index (Phi) is 7.96. The van der Waals surface area contributed by atoms with Crippen LogP contribution in [0.15, 0.2) is 36.0 Å². The van der Waals surface area contributed by atoms with Crippen molar-refractivity contribution < 1.29 is 24.3 Å². The topological polar surface area (TPSA) is 139 Å². The van der Waals surface area contributed by atoms with Crippen LogP contribution in [0.25, 0.3) is 0 Å². The Morgan fingerprint density at radius 2 is 1.68 bits per heavy atom. The van der Waals surface area contributed by atoms with Gasteiger partial charge in [0.2, 0.25) is 11.8 Å². The third-order valence-corrected chi connectivity index (χ3v) is 5.46. The average molecular weight is 430 g/mol. The van der Waals surface area contributed by atoms with Gasteiger partial charge in [0, 0.05) is 23.4 Å². The predicted molar refractivity (Wildman–Crippen MR) is 117 cm³/mol. The number of carboxylic acid groups (broad SMARTS) is 1. The maximum atomic E-state index is 12.4. The predicted octanol–water partition coefficient (Wildman–Crippen LogP) is 2.70. The van der Waals surface area contributed by atoms with Gasteiger partial charge in [0.1, 0.15) is 5.54 Å². The van der Waals surface area contributed by atoms with Gasteiger partial charge in [-0.3, -0.25) is 14.4 Å². The van der Waals surface area contributed by atoms with E-state index in [2.05, 4.69) is 10.6 Å². The van der Waals surface area contributed by atoms with Crippen LogP contribution in [0.3, 0.4) is 0 Å². The van der Waals surface area contributed by atoms with E-state index in [0.29, 0.717) is 30.1 Å². The van der Waals surface area contributed by atoms with Crippen LogP contribution in [0.2, 0.25) is 0 Å². The fourth-order valence-electron chi connectivity index (χ4n) is 3.66. The third kappa shape index (κ3) is 7.24. The minimum absolute atomic E-state index is 0.183. The SMILES string of the molecule is CC(N)=CC(=O)CC(=O)Nc1ccc(C2CCC(C(=O)NC(C)(C)C(=O)O)CC2)cc1. The lowest BCUT2D eigenvalue weighted by Crippen LogP contribution is -2.51. The second-order valence-corrected chi connectivity index (χ2v) is 8.67. The van der Waals surface area contributed by atoms with E-state index in [-0.39, 0.29) is 24.0 Å². The van der Waals surface area contributed by atoms with Crippen molar-refractivity contribution in [2.24, 2.45) is 11.7 Å². The van der Waals surface area contributed by atoms with Crippen molar-refractivity contribution in [1.29, 1.82) is 0 Å². The summed E-state index contributed by atoms with van der Waals surface area (Å²) in [4.78, 5) is 47.2. The van der Waals surface area contributed by atoms with Gasteiger partial charge in [0.15, 0.2) is 5.78 Å². The number of aliphatic carboxylic acids is 1. The van der Waals surface area contributed by atoms with Gasteiger partial charge < -0.3 is 21.5 Å². The molecule has 8 heteroatoms. The van der Waals surface area contributed by atoms with Gasteiger partial charge in [-0.2, -0.15) is 0 Å². The number of nitrogens with one attached hydrogen (secondary N) is 2. The van der Waals surface area contributed by atoms with Crippen molar-refractivity contribution in [3.8, 4) is 0 Å². The summed E-state index contributed by atoms with van der Waals surface area (Å²) in [7, 11) is 0. The van der Waals surface area contributed by atoms with E-state index in [0.717, 1.165) is 18.4 Å². The zero-order valence-electron chi connectivity index (χ0n) is 18.2. The summed E-state index contributed by atoms with van der Waals surface area (Å²) < 4.78 is 0. The summed E-state index contributed by atoms with van der Waals surface area (Å²) in [6.45, 7) is 4.54. The highest BCUT2D eigenvalue weighted by atomic mass is 16.4. The number of hydrogen-bond acceptors (Lipinski definition) is 5. The van der Waals surface area contributed by atoms with Crippen molar-refractivity contribution in [2.75, 3.05) is 5.32 Å². The standard InChI is InChI=1S/C23H31N3O5/c1-14(24)12-19(27)13-20(28)25-18-10-8-16(9-11-18)15-4-6-17(7-5-15)21(29)26-23(2,3)22(30)31/h8-12,15,17H,4-7,13,24H2,1-3H3,(H,25,28)(H,26,29)(H,30,31). The van der Waals surface area contributed by atoms with Gasteiger partial charge in [-0.1, -0.05) is 12.1 Å². The van der Waals surface area contributed by atoms with Crippen LogP contribution in [-0.2, 0) is 19.2 Å². The highest BCUT2D eigenvalue weighted by molar-refractivity contribution is 6.08. The molecule has 0 saturated heterocycles. The fourth-order valence-corrected chi connectivity index (χ4v) is 3.66. The lowest BCUT2D eigenvalue weighted by Gasteiger charge is -2.30. The number of carboxylic acids is 1. The first-order valence-corrected chi connectivity index (χ1v) is 10.4. The van der Waals surface area contributed by atoms with Crippen molar-refractivity contribution in [1.82, 2.24) is 5.32 Å². The third-order valence-electron chi connectivity index (χ3n) is 5.46. The van der Waals surface area contributed by atoms with Crippen molar-refractivity contribution in [3.63, 3.8) is 0 Å². The lowest BCUT2D eigenvalue weighted by atomic mass is 9.78. The molecule has 0 spiro atoms.